The van der Waals surface area contributed by atoms with E-state index in [4.69, 9.17) is 4.98 Å². The summed E-state index contributed by atoms with van der Waals surface area (Å²) in [5.41, 5.74) is 1.29. The molecular formula is C16H31N3S. The average molecular weight is 298 g/mol. The summed E-state index contributed by atoms with van der Waals surface area (Å²) in [6.07, 6.45) is 3.41. The van der Waals surface area contributed by atoms with Crippen LogP contribution in [-0.2, 0) is 13.0 Å². The summed E-state index contributed by atoms with van der Waals surface area (Å²) in [5.74, 6) is 0. The van der Waals surface area contributed by atoms with Crippen molar-refractivity contribution >= 4 is 16.5 Å². The molecule has 0 aliphatic heterocycles. The second-order valence-electron chi connectivity index (χ2n) is 5.94. The predicted octanol–water partition coefficient (Wildman–Crippen LogP) is 4.22. The lowest BCUT2D eigenvalue weighted by atomic mass is 10.2. The zero-order chi connectivity index (χ0) is 15.1. The van der Waals surface area contributed by atoms with Crippen LogP contribution >= 0.6 is 11.3 Å². The molecule has 0 radical (unpaired) electrons. The minimum atomic E-state index is 0.515. The number of aryl methyl sites for hydroxylation is 1. The van der Waals surface area contributed by atoms with E-state index < -0.39 is 0 Å². The van der Waals surface area contributed by atoms with E-state index in [1.807, 2.05) is 11.3 Å². The van der Waals surface area contributed by atoms with Gasteiger partial charge in [-0.05, 0) is 26.7 Å². The van der Waals surface area contributed by atoms with Crippen LogP contribution in [0.15, 0.2) is 0 Å². The van der Waals surface area contributed by atoms with Crippen LogP contribution in [0.2, 0.25) is 0 Å². The number of rotatable bonds is 9. The molecule has 0 amide bonds. The Hall–Kier alpha value is -0.610. The molecule has 0 saturated heterocycles. The van der Waals surface area contributed by atoms with Gasteiger partial charge in [0.2, 0.25) is 0 Å². The molecule has 1 aromatic rings. The van der Waals surface area contributed by atoms with Crippen LogP contribution in [0.1, 0.15) is 65.0 Å². The van der Waals surface area contributed by atoms with Gasteiger partial charge in [-0.1, -0.05) is 34.1 Å². The molecule has 0 atom stereocenters. The van der Waals surface area contributed by atoms with Gasteiger partial charge in [-0.2, -0.15) is 0 Å². The first-order valence-corrected chi connectivity index (χ1v) is 8.79. The number of hydrogen-bond donors (Lipinski definition) is 1. The Morgan fingerprint density at radius 2 is 1.85 bits per heavy atom. The zero-order valence-corrected chi connectivity index (χ0v) is 14.8. The fourth-order valence-electron chi connectivity index (χ4n) is 2.18. The lowest BCUT2D eigenvalue weighted by molar-refractivity contribution is 0.589. The molecule has 0 bridgehead atoms. The SMILES string of the molecule is CCCc1nc(N(CCC)C(C)C)sc1CNC(C)C. The Morgan fingerprint density at radius 3 is 2.35 bits per heavy atom. The van der Waals surface area contributed by atoms with Crippen molar-refractivity contribution < 1.29 is 0 Å². The second kappa shape index (κ2) is 8.63. The molecular weight excluding hydrogens is 266 g/mol. The van der Waals surface area contributed by atoms with Crippen LogP contribution in [-0.4, -0.2) is 23.6 Å². The van der Waals surface area contributed by atoms with Crippen molar-refractivity contribution in [1.29, 1.82) is 0 Å². The fraction of sp³-hybridized carbons (Fsp3) is 0.812. The Balaban J connectivity index is 2.93. The van der Waals surface area contributed by atoms with Gasteiger partial charge in [0.25, 0.3) is 0 Å². The first-order valence-electron chi connectivity index (χ1n) is 7.98. The fourth-order valence-corrected chi connectivity index (χ4v) is 3.39. The summed E-state index contributed by atoms with van der Waals surface area (Å²) in [4.78, 5) is 8.77. The molecule has 0 unspecified atom stereocenters. The summed E-state index contributed by atoms with van der Waals surface area (Å²) in [5, 5.41) is 4.73. The van der Waals surface area contributed by atoms with Crippen molar-refractivity contribution in [3.05, 3.63) is 10.6 Å². The molecule has 0 aliphatic rings. The third-order valence-corrected chi connectivity index (χ3v) is 4.39. The monoisotopic (exact) mass is 297 g/mol. The van der Waals surface area contributed by atoms with Crippen molar-refractivity contribution in [3.8, 4) is 0 Å². The number of thiazole rings is 1. The van der Waals surface area contributed by atoms with Crippen molar-refractivity contribution in [3.63, 3.8) is 0 Å². The number of hydrogen-bond acceptors (Lipinski definition) is 4. The highest BCUT2D eigenvalue weighted by Gasteiger charge is 2.17. The Kier molecular flexibility index (Phi) is 7.52. The van der Waals surface area contributed by atoms with Crippen LogP contribution in [0.3, 0.4) is 0 Å². The van der Waals surface area contributed by atoms with E-state index in [1.165, 1.54) is 22.1 Å². The van der Waals surface area contributed by atoms with E-state index in [2.05, 4.69) is 51.8 Å². The summed E-state index contributed by atoms with van der Waals surface area (Å²) < 4.78 is 0. The Labute approximate surface area is 128 Å². The number of anilines is 1. The first kappa shape index (κ1) is 17.4. The van der Waals surface area contributed by atoms with E-state index in [9.17, 15) is 0 Å². The molecule has 0 aromatic carbocycles. The van der Waals surface area contributed by atoms with Gasteiger partial charge >= 0.3 is 0 Å². The Bertz CT molecular complexity index is 385. The molecule has 4 heteroatoms. The standard InChI is InChI=1S/C16H31N3S/c1-7-9-14-15(11-17-12(3)4)20-16(18-14)19(10-8-2)13(5)6/h12-13,17H,7-11H2,1-6H3. The van der Waals surface area contributed by atoms with E-state index in [0.717, 1.165) is 25.9 Å². The smallest absolute Gasteiger partial charge is 0.186 e. The van der Waals surface area contributed by atoms with Gasteiger partial charge in [0.05, 0.1) is 5.69 Å². The van der Waals surface area contributed by atoms with Gasteiger partial charge in [0.15, 0.2) is 5.13 Å². The average Bonchev–Trinajstić information content (AvgIpc) is 2.76. The normalized spacial score (nSPS) is 11.6. The van der Waals surface area contributed by atoms with E-state index in [1.54, 1.807) is 0 Å². The lowest BCUT2D eigenvalue weighted by Crippen LogP contribution is -2.31. The predicted molar refractivity (Wildman–Crippen MR) is 90.9 cm³/mol. The quantitative estimate of drug-likeness (QED) is 0.740. The third kappa shape index (κ3) is 5.06. The van der Waals surface area contributed by atoms with Crippen molar-refractivity contribution in [1.82, 2.24) is 10.3 Å². The van der Waals surface area contributed by atoms with Crippen molar-refractivity contribution in [2.24, 2.45) is 0 Å². The summed E-state index contributed by atoms with van der Waals surface area (Å²) in [6, 6.07) is 1.04. The summed E-state index contributed by atoms with van der Waals surface area (Å²) in [7, 11) is 0. The summed E-state index contributed by atoms with van der Waals surface area (Å²) in [6.45, 7) is 15.4. The van der Waals surface area contributed by atoms with Crippen LogP contribution < -0.4 is 10.2 Å². The maximum atomic E-state index is 4.92. The number of nitrogens with one attached hydrogen (secondary N) is 1. The molecule has 1 aromatic heterocycles. The van der Waals surface area contributed by atoms with Gasteiger partial charge in [0.1, 0.15) is 0 Å². The van der Waals surface area contributed by atoms with E-state index in [0.29, 0.717) is 12.1 Å². The molecule has 0 saturated carbocycles. The summed E-state index contributed by atoms with van der Waals surface area (Å²) >= 11 is 1.87. The largest absolute Gasteiger partial charge is 0.346 e. The van der Waals surface area contributed by atoms with Crippen LogP contribution in [0, 0.1) is 0 Å². The molecule has 0 spiro atoms. The number of nitrogens with zero attached hydrogens (tertiary/aromatic N) is 2. The molecule has 0 aliphatic carbocycles. The third-order valence-electron chi connectivity index (χ3n) is 3.26. The van der Waals surface area contributed by atoms with Crippen LogP contribution in [0.5, 0.6) is 0 Å². The topological polar surface area (TPSA) is 28.2 Å². The molecule has 20 heavy (non-hydrogen) atoms. The van der Waals surface area contributed by atoms with E-state index >= 15 is 0 Å². The molecule has 0 fully saturated rings. The maximum Gasteiger partial charge on any atom is 0.186 e. The highest BCUT2D eigenvalue weighted by molar-refractivity contribution is 7.15. The minimum Gasteiger partial charge on any atom is -0.346 e. The molecule has 1 heterocycles. The van der Waals surface area contributed by atoms with E-state index in [-0.39, 0.29) is 0 Å². The second-order valence-corrected chi connectivity index (χ2v) is 7.00. The highest BCUT2D eigenvalue weighted by atomic mass is 32.1. The molecule has 116 valence electrons. The molecule has 3 nitrogen and oxygen atoms in total. The van der Waals surface area contributed by atoms with Gasteiger partial charge < -0.3 is 10.2 Å². The minimum absolute atomic E-state index is 0.515. The first-order chi connectivity index (χ1) is 9.49. The Morgan fingerprint density at radius 1 is 1.15 bits per heavy atom. The van der Waals surface area contributed by atoms with Crippen molar-refractivity contribution in [2.45, 2.75) is 79.4 Å². The zero-order valence-electron chi connectivity index (χ0n) is 14.0. The van der Waals surface area contributed by atoms with Crippen molar-refractivity contribution in [2.75, 3.05) is 11.4 Å². The van der Waals surface area contributed by atoms with Gasteiger partial charge in [-0.25, -0.2) is 4.98 Å². The number of aromatic nitrogens is 1. The maximum absolute atomic E-state index is 4.92. The lowest BCUT2D eigenvalue weighted by Gasteiger charge is -2.25. The highest BCUT2D eigenvalue weighted by Crippen LogP contribution is 2.29. The van der Waals surface area contributed by atoms with Gasteiger partial charge in [-0.3, -0.25) is 0 Å². The molecule has 1 rings (SSSR count). The van der Waals surface area contributed by atoms with Crippen LogP contribution in [0.25, 0.3) is 0 Å². The van der Waals surface area contributed by atoms with Crippen LogP contribution in [0.4, 0.5) is 5.13 Å². The van der Waals surface area contributed by atoms with Gasteiger partial charge in [0, 0.05) is 30.1 Å². The molecule has 1 N–H and O–H groups in total. The van der Waals surface area contributed by atoms with Gasteiger partial charge in [-0.15, -0.1) is 11.3 Å².